The summed E-state index contributed by atoms with van der Waals surface area (Å²) >= 11 is 1.64. The number of hydrogen-bond acceptors (Lipinski definition) is 5. The van der Waals surface area contributed by atoms with Crippen molar-refractivity contribution < 1.29 is 0 Å². The fourth-order valence-corrected chi connectivity index (χ4v) is 2.25. The summed E-state index contributed by atoms with van der Waals surface area (Å²) in [6, 6.07) is 4.11. The van der Waals surface area contributed by atoms with Gasteiger partial charge in [-0.25, -0.2) is 15.0 Å². The van der Waals surface area contributed by atoms with E-state index < -0.39 is 0 Å². The van der Waals surface area contributed by atoms with E-state index in [1.54, 1.807) is 11.8 Å². The zero-order chi connectivity index (χ0) is 13.5. The molecule has 0 amide bonds. The number of aromatic nitrogens is 3. The van der Waals surface area contributed by atoms with Crippen molar-refractivity contribution in [1.82, 2.24) is 15.0 Å². The minimum atomic E-state index is 0.811. The van der Waals surface area contributed by atoms with Crippen molar-refractivity contribution in [1.29, 1.82) is 0 Å². The quantitative estimate of drug-likeness (QED) is 0.647. The van der Waals surface area contributed by atoms with Crippen molar-refractivity contribution in [3.63, 3.8) is 0 Å². The van der Waals surface area contributed by atoms with Crippen LogP contribution in [-0.4, -0.2) is 21.5 Å². The fraction of sp³-hybridized carbons (Fsp3) is 0.357. The summed E-state index contributed by atoms with van der Waals surface area (Å²) in [6.07, 6.45) is 6.62. The molecule has 0 bridgehead atoms. The van der Waals surface area contributed by atoms with Gasteiger partial charge in [-0.3, -0.25) is 0 Å². The van der Waals surface area contributed by atoms with Gasteiger partial charge in [0.05, 0.1) is 0 Å². The Hall–Kier alpha value is -1.62. The van der Waals surface area contributed by atoms with Crippen LogP contribution in [0.25, 0.3) is 0 Å². The maximum Gasteiger partial charge on any atom is 0.187 e. The molecule has 0 radical (unpaired) electrons. The van der Waals surface area contributed by atoms with E-state index in [9.17, 15) is 0 Å². The summed E-state index contributed by atoms with van der Waals surface area (Å²) in [6.45, 7) is 5.08. The van der Waals surface area contributed by atoms with Gasteiger partial charge < -0.3 is 5.32 Å². The predicted molar refractivity (Wildman–Crippen MR) is 79.3 cm³/mol. The Morgan fingerprint density at radius 3 is 2.74 bits per heavy atom. The number of hydrogen-bond donors (Lipinski definition) is 1. The average molecular weight is 274 g/mol. The lowest BCUT2D eigenvalue weighted by molar-refractivity contribution is 0.949. The van der Waals surface area contributed by atoms with Crippen molar-refractivity contribution in [2.75, 3.05) is 11.9 Å². The first-order valence-electron chi connectivity index (χ1n) is 6.38. The van der Waals surface area contributed by atoms with E-state index >= 15 is 0 Å². The van der Waals surface area contributed by atoms with Gasteiger partial charge in [0.1, 0.15) is 5.82 Å². The van der Waals surface area contributed by atoms with Crippen molar-refractivity contribution in [3.05, 3.63) is 41.9 Å². The molecule has 1 N–H and O–H groups in total. The maximum atomic E-state index is 4.29. The number of thioether (sulfide) groups is 1. The summed E-state index contributed by atoms with van der Waals surface area (Å²) in [5.41, 5.74) is 2.31. The van der Waals surface area contributed by atoms with E-state index in [0.29, 0.717) is 0 Å². The maximum absolute atomic E-state index is 4.29. The molecule has 0 unspecified atom stereocenters. The first kappa shape index (κ1) is 13.8. The minimum absolute atomic E-state index is 0.811. The minimum Gasteiger partial charge on any atom is -0.370 e. The lowest BCUT2D eigenvalue weighted by Gasteiger charge is -2.06. The summed E-state index contributed by atoms with van der Waals surface area (Å²) in [4.78, 5) is 12.9. The highest BCUT2D eigenvalue weighted by Crippen LogP contribution is 2.19. The van der Waals surface area contributed by atoms with Crippen LogP contribution in [-0.2, 0) is 5.75 Å². The third-order valence-electron chi connectivity index (χ3n) is 2.51. The molecule has 2 rings (SSSR count). The highest BCUT2D eigenvalue weighted by Gasteiger charge is 2.01. The average Bonchev–Trinajstić information content (AvgIpc) is 2.45. The Morgan fingerprint density at radius 1 is 1.21 bits per heavy atom. The second-order valence-electron chi connectivity index (χ2n) is 4.31. The van der Waals surface area contributed by atoms with Gasteiger partial charge in [0.2, 0.25) is 0 Å². The smallest absolute Gasteiger partial charge is 0.187 e. The van der Waals surface area contributed by atoms with E-state index in [4.69, 9.17) is 0 Å². The second kappa shape index (κ2) is 7.09. The molecule has 0 aromatic carbocycles. The van der Waals surface area contributed by atoms with Crippen LogP contribution in [0.5, 0.6) is 0 Å². The van der Waals surface area contributed by atoms with E-state index in [2.05, 4.69) is 33.3 Å². The number of nitrogens with zero attached hydrogens (tertiary/aromatic N) is 3. The summed E-state index contributed by atoms with van der Waals surface area (Å²) < 4.78 is 0. The Kier molecular flexibility index (Phi) is 5.15. The van der Waals surface area contributed by atoms with Crippen molar-refractivity contribution in [2.45, 2.75) is 31.2 Å². The van der Waals surface area contributed by atoms with Gasteiger partial charge in [0, 0.05) is 30.9 Å². The number of pyridine rings is 1. The summed E-state index contributed by atoms with van der Waals surface area (Å²) in [5.74, 6) is 1.79. The predicted octanol–water partition coefficient (Wildman–Crippen LogP) is 3.29. The first-order chi connectivity index (χ1) is 9.28. The van der Waals surface area contributed by atoms with Crippen LogP contribution >= 0.6 is 11.8 Å². The number of rotatable bonds is 6. The van der Waals surface area contributed by atoms with Crippen LogP contribution in [0.15, 0.2) is 35.9 Å². The Labute approximate surface area is 118 Å². The first-order valence-corrected chi connectivity index (χ1v) is 7.36. The van der Waals surface area contributed by atoms with E-state index in [0.717, 1.165) is 35.3 Å². The SMILES string of the molecule is CCCNc1cc(CSc2ncc(C)cn2)ccn1. The second-order valence-corrected chi connectivity index (χ2v) is 5.25. The Bertz CT molecular complexity index is 513. The molecule has 2 aromatic rings. The van der Waals surface area contributed by atoms with Crippen LogP contribution in [0.2, 0.25) is 0 Å². The lowest BCUT2D eigenvalue weighted by atomic mass is 10.3. The molecule has 0 spiro atoms. The highest BCUT2D eigenvalue weighted by atomic mass is 32.2. The third-order valence-corrected chi connectivity index (χ3v) is 3.45. The van der Waals surface area contributed by atoms with Crippen LogP contribution in [0.1, 0.15) is 24.5 Å². The zero-order valence-electron chi connectivity index (χ0n) is 11.3. The van der Waals surface area contributed by atoms with Gasteiger partial charge in [0.25, 0.3) is 0 Å². The summed E-state index contributed by atoms with van der Waals surface area (Å²) in [7, 11) is 0. The molecule has 2 heterocycles. The van der Waals surface area contributed by atoms with Gasteiger partial charge >= 0.3 is 0 Å². The topological polar surface area (TPSA) is 50.7 Å². The fourth-order valence-electron chi connectivity index (χ4n) is 1.52. The molecule has 2 aromatic heterocycles. The van der Waals surface area contributed by atoms with E-state index in [-0.39, 0.29) is 0 Å². The number of anilines is 1. The molecular formula is C14H18N4S. The molecule has 19 heavy (non-hydrogen) atoms. The van der Waals surface area contributed by atoms with Crippen LogP contribution in [0.4, 0.5) is 5.82 Å². The molecule has 0 aliphatic carbocycles. The van der Waals surface area contributed by atoms with Crippen molar-refractivity contribution >= 4 is 17.6 Å². The van der Waals surface area contributed by atoms with Gasteiger partial charge in [-0.2, -0.15) is 0 Å². The largest absolute Gasteiger partial charge is 0.370 e. The van der Waals surface area contributed by atoms with Crippen LogP contribution in [0.3, 0.4) is 0 Å². The molecule has 4 nitrogen and oxygen atoms in total. The molecule has 0 aliphatic heterocycles. The van der Waals surface area contributed by atoms with E-state index in [1.165, 1.54) is 5.56 Å². The molecule has 0 fully saturated rings. The summed E-state index contributed by atoms with van der Waals surface area (Å²) in [5, 5.41) is 4.10. The van der Waals surface area contributed by atoms with Crippen molar-refractivity contribution in [2.24, 2.45) is 0 Å². The van der Waals surface area contributed by atoms with Gasteiger partial charge in [-0.05, 0) is 36.6 Å². The van der Waals surface area contributed by atoms with Gasteiger partial charge in [0.15, 0.2) is 5.16 Å². The van der Waals surface area contributed by atoms with E-state index in [1.807, 2.05) is 31.6 Å². The monoisotopic (exact) mass is 274 g/mol. The lowest BCUT2D eigenvalue weighted by Crippen LogP contribution is -2.01. The van der Waals surface area contributed by atoms with Crippen LogP contribution in [0, 0.1) is 6.92 Å². The van der Waals surface area contributed by atoms with Gasteiger partial charge in [-0.15, -0.1) is 0 Å². The molecule has 0 atom stereocenters. The normalized spacial score (nSPS) is 10.4. The van der Waals surface area contributed by atoms with Crippen LogP contribution < -0.4 is 5.32 Å². The molecule has 0 saturated heterocycles. The van der Waals surface area contributed by atoms with Crippen molar-refractivity contribution in [3.8, 4) is 0 Å². The third kappa shape index (κ3) is 4.52. The molecule has 0 saturated carbocycles. The molecule has 5 heteroatoms. The Morgan fingerprint density at radius 2 is 2.00 bits per heavy atom. The molecule has 0 aliphatic rings. The molecule has 100 valence electrons. The van der Waals surface area contributed by atoms with Gasteiger partial charge in [-0.1, -0.05) is 18.7 Å². The Balaban J connectivity index is 1.93. The standard InChI is InChI=1S/C14H18N4S/c1-3-5-15-13-7-12(4-6-16-13)10-19-14-17-8-11(2)9-18-14/h4,6-9H,3,5,10H2,1-2H3,(H,15,16). The highest BCUT2D eigenvalue weighted by molar-refractivity contribution is 7.98. The number of nitrogens with one attached hydrogen (secondary N) is 1. The zero-order valence-corrected chi connectivity index (χ0v) is 12.1. The molecular weight excluding hydrogens is 256 g/mol. The number of aryl methyl sites for hydroxylation is 1.